The van der Waals surface area contributed by atoms with Crippen molar-refractivity contribution in [1.82, 2.24) is 14.7 Å². The number of carbonyl (C=O) groups is 1. The summed E-state index contributed by atoms with van der Waals surface area (Å²) in [4.78, 5) is 17.4. The van der Waals surface area contributed by atoms with E-state index in [1.807, 2.05) is 41.8 Å². The number of aromatic nitrogens is 2. The van der Waals surface area contributed by atoms with Crippen molar-refractivity contribution in [2.24, 2.45) is 0 Å². The van der Waals surface area contributed by atoms with Crippen LogP contribution in [-0.2, 0) is 6.54 Å². The molecule has 0 aliphatic rings. The Bertz CT molecular complexity index is 778. The Morgan fingerprint density at radius 2 is 2.30 bits per heavy atom. The van der Waals surface area contributed by atoms with E-state index >= 15 is 0 Å². The summed E-state index contributed by atoms with van der Waals surface area (Å²) in [5, 5.41) is 2.84. The van der Waals surface area contributed by atoms with Gasteiger partial charge < -0.3 is 9.72 Å². The van der Waals surface area contributed by atoms with Gasteiger partial charge in [0.25, 0.3) is 5.91 Å². The molecule has 102 valence electrons. The number of amides is 1. The molecule has 0 radical (unpaired) electrons. The topological polar surface area (TPSA) is 46.4 Å². The van der Waals surface area contributed by atoms with Crippen molar-refractivity contribution in [2.75, 3.05) is 0 Å². The van der Waals surface area contributed by atoms with E-state index in [9.17, 15) is 4.79 Å². The van der Waals surface area contributed by atoms with E-state index in [2.05, 4.69) is 10.3 Å². The molecule has 0 bridgehead atoms. The SMILES string of the molecule is Cc1ccn2cc(C(=O)NCc3ccc(Cl)s3)nc2c1. The van der Waals surface area contributed by atoms with Crippen molar-refractivity contribution in [2.45, 2.75) is 13.5 Å². The van der Waals surface area contributed by atoms with Crippen LogP contribution in [0.25, 0.3) is 5.65 Å². The fourth-order valence-electron chi connectivity index (χ4n) is 1.90. The number of pyridine rings is 1. The molecule has 3 aromatic heterocycles. The highest BCUT2D eigenvalue weighted by Gasteiger charge is 2.10. The summed E-state index contributed by atoms with van der Waals surface area (Å²) in [6, 6.07) is 7.64. The lowest BCUT2D eigenvalue weighted by Crippen LogP contribution is -2.22. The molecule has 3 heterocycles. The second kappa shape index (κ2) is 5.26. The number of nitrogens with one attached hydrogen (secondary N) is 1. The number of hydrogen-bond acceptors (Lipinski definition) is 3. The van der Waals surface area contributed by atoms with Gasteiger partial charge in [-0.15, -0.1) is 11.3 Å². The third-order valence-electron chi connectivity index (χ3n) is 2.90. The molecule has 0 saturated carbocycles. The Hall–Kier alpha value is -1.85. The average molecular weight is 306 g/mol. The van der Waals surface area contributed by atoms with E-state index in [-0.39, 0.29) is 5.91 Å². The molecule has 0 aliphatic heterocycles. The van der Waals surface area contributed by atoms with Gasteiger partial charge in [0.2, 0.25) is 0 Å². The molecule has 3 rings (SSSR count). The van der Waals surface area contributed by atoms with Crippen molar-refractivity contribution in [3.05, 3.63) is 57.1 Å². The van der Waals surface area contributed by atoms with Crippen LogP contribution in [0.3, 0.4) is 0 Å². The fraction of sp³-hybridized carbons (Fsp3) is 0.143. The van der Waals surface area contributed by atoms with Gasteiger partial charge in [0, 0.05) is 17.3 Å². The summed E-state index contributed by atoms with van der Waals surface area (Å²) in [7, 11) is 0. The van der Waals surface area contributed by atoms with Gasteiger partial charge >= 0.3 is 0 Å². The van der Waals surface area contributed by atoms with Crippen LogP contribution in [0.4, 0.5) is 0 Å². The van der Waals surface area contributed by atoms with Crippen LogP contribution in [0.5, 0.6) is 0 Å². The summed E-state index contributed by atoms with van der Waals surface area (Å²) in [5.41, 5.74) is 2.30. The molecule has 1 N–H and O–H groups in total. The second-order valence-corrected chi connectivity index (χ2v) is 6.28. The predicted octanol–water partition coefficient (Wildman–Crippen LogP) is 3.29. The monoisotopic (exact) mass is 305 g/mol. The molecule has 0 aromatic carbocycles. The van der Waals surface area contributed by atoms with Crippen LogP contribution >= 0.6 is 22.9 Å². The highest BCUT2D eigenvalue weighted by molar-refractivity contribution is 7.16. The van der Waals surface area contributed by atoms with Crippen molar-refractivity contribution >= 4 is 34.5 Å². The fourth-order valence-corrected chi connectivity index (χ4v) is 2.93. The van der Waals surface area contributed by atoms with Crippen molar-refractivity contribution in [1.29, 1.82) is 0 Å². The minimum atomic E-state index is -0.184. The predicted molar refractivity (Wildman–Crippen MR) is 80.4 cm³/mol. The zero-order valence-corrected chi connectivity index (χ0v) is 12.3. The normalized spacial score (nSPS) is 10.9. The van der Waals surface area contributed by atoms with Gasteiger partial charge in [-0.05, 0) is 36.8 Å². The Kier molecular flexibility index (Phi) is 3.46. The summed E-state index contributed by atoms with van der Waals surface area (Å²) < 4.78 is 2.56. The third kappa shape index (κ3) is 2.69. The maximum Gasteiger partial charge on any atom is 0.271 e. The largest absolute Gasteiger partial charge is 0.346 e. The number of imidazole rings is 1. The molecule has 20 heavy (non-hydrogen) atoms. The lowest BCUT2D eigenvalue weighted by atomic mass is 10.3. The number of rotatable bonds is 3. The number of thiophene rings is 1. The van der Waals surface area contributed by atoms with Gasteiger partial charge in [0.1, 0.15) is 11.3 Å². The molecular weight excluding hydrogens is 294 g/mol. The first-order chi connectivity index (χ1) is 9.61. The Morgan fingerprint density at radius 3 is 3.05 bits per heavy atom. The highest BCUT2D eigenvalue weighted by atomic mass is 35.5. The highest BCUT2D eigenvalue weighted by Crippen LogP contribution is 2.21. The molecule has 0 saturated heterocycles. The first kappa shape index (κ1) is 13.1. The minimum absolute atomic E-state index is 0.184. The first-order valence-electron chi connectivity index (χ1n) is 6.09. The number of fused-ring (bicyclic) bond motifs is 1. The van der Waals surface area contributed by atoms with E-state index in [0.29, 0.717) is 12.2 Å². The molecule has 0 unspecified atom stereocenters. The van der Waals surface area contributed by atoms with Crippen LogP contribution in [0.1, 0.15) is 20.9 Å². The molecule has 0 aliphatic carbocycles. The second-order valence-electron chi connectivity index (χ2n) is 4.48. The Morgan fingerprint density at radius 1 is 1.45 bits per heavy atom. The summed E-state index contributed by atoms with van der Waals surface area (Å²) in [6.45, 7) is 2.46. The number of aryl methyl sites for hydroxylation is 1. The van der Waals surface area contributed by atoms with Gasteiger partial charge in [-0.3, -0.25) is 4.79 Å². The quantitative estimate of drug-likeness (QED) is 0.807. The maximum atomic E-state index is 12.1. The molecule has 3 aromatic rings. The summed E-state index contributed by atoms with van der Waals surface area (Å²) in [6.07, 6.45) is 3.62. The zero-order chi connectivity index (χ0) is 14.1. The molecule has 0 fully saturated rings. The van der Waals surface area contributed by atoms with Crippen LogP contribution in [0.15, 0.2) is 36.7 Å². The summed E-state index contributed by atoms with van der Waals surface area (Å²) in [5.74, 6) is -0.184. The van der Waals surface area contributed by atoms with E-state index in [4.69, 9.17) is 11.6 Å². The molecule has 0 atom stereocenters. The smallest absolute Gasteiger partial charge is 0.271 e. The maximum absolute atomic E-state index is 12.1. The van der Waals surface area contributed by atoms with Crippen LogP contribution in [0.2, 0.25) is 4.34 Å². The van der Waals surface area contributed by atoms with Crippen LogP contribution < -0.4 is 5.32 Å². The van der Waals surface area contributed by atoms with Crippen LogP contribution in [0, 0.1) is 6.92 Å². The minimum Gasteiger partial charge on any atom is -0.346 e. The van der Waals surface area contributed by atoms with E-state index in [1.54, 1.807) is 6.20 Å². The molecule has 0 spiro atoms. The van der Waals surface area contributed by atoms with Gasteiger partial charge in [-0.1, -0.05) is 11.6 Å². The first-order valence-corrected chi connectivity index (χ1v) is 7.29. The standard InChI is InChI=1S/C14H12ClN3OS/c1-9-4-5-18-8-11(17-13(18)6-9)14(19)16-7-10-2-3-12(15)20-10/h2-6,8H,7H2,1H3,(H,16,19). The third-order valence-corrected chi connectivity index (χ3v) is 4.13. The van der Waals surface area contributed by atoms with Gasteiger partial charge in [-0.25, -0.2) is 4.98 Å². The lowest BCUT2D eigenvalue weighted by molar-refractivity contribution is 0.0947. The van der Waals surface area contributed by atoms with E-state index in [0.717, 1.165) is 20.4 Å². The molecule has 6 heteroatoms. The van der Waals surface area contributed by atoms with Gasteiger partial charge in [0.05, 0.1) is 10.9 Å². The van der Waals surface area contributed by atoms with Crippen LogP contribution in [-0.4, -0.2) is 15.3 Å². The number of carbonyl (C=O) groups excluding carboxylic acids is 1. The average Bonchev–Trinajstić information content (AvgIpc) is 3.01. The van der Waals surface area contributed by atoms with E-state index in [1.165, 1.54) is 11.3 Å². The van der Waals surface area contributed by atoms with Gasteiger partial charge in [0.15, 0.2) is 0 Å². The molecular formula is C14H12ClN3OS. The molecule has 4 nitrogen and oxygen atoms in total. The van der Waals surface area contributed by atoms with Crippen molar-refractivity contribution in [3.63, 3.8) is 0 Å². The zero-order valence-electron chi connectivity index (χ0n) is 10.8. The lowest BCUT2D eigenvalue weighted by Gasteiger charge is -1.99. The van der Waals surface area contributed by atoms with E-state index < -0.39 is 0 Å². The van der Waals surface area contributed by atoms with Crippen molar-refractivity contribution < 1.29 is 4.79 Å². The molecule has 1 amide bonds. The Labute approximate surface area is 125 Å². The number of nitrogens with zero attached hydrogens (tertiary/aromatic N) is 2. The number of hydrogen-bond donors (Lipinski definition) is 1. The van der Waals surface area contributed by atoms with Crippen molar-refractivity contribution in [3.8, 4) is 0 Å². The Balaban J connectivity index is 1.75. The number of halogens is 1. The van der Waals surface area contributed by atoms with Gasteiger partial charge in [-0.2, -0.15) is 0 Å². The summed E-state index contributed by atoms with van der Waals surface area (Å²) >= 11 is 7.31.